The largest absolute Gasteiger partial charge is 0.507 e. The van der Waals surface area contributed by atoms with Crippen molar-refractivity contribution in [1.82, 2.24) is 10.2 Å². The van der Waals surface area contributed by atoms with Crippen LogP contribution < -0.4 is 14.4 Å². The molecule has 1 N–H and O–H groups in total. The van der Waals surface area contributed by atoms with E-state index in [1.807, 2.05) is 56.3 Å². The minimum absolute atomic E-state index is 0.0434. The number of carbonyl (C=O) groups excluding carboxylic acids is 2. The van der Waals surface area contributed by atoms with Crippen LogP contribution in [0.25, 0.3) is 5.76 Å². The summed E-state index contributed by atoms with van der Waals surface area (Å²) in [6.45, 7) is 4.79. The molecule has 4 aromatic carbocycles. The van der Waals surface area contributed by atoms with Gasteiger partial charge in [-0.05, 0) is 79.1 Å². The Hall–Kier alpha value is -4.64. The number of aryl methyl sites for hydroxylation is 1. The smallest absolute Gasteiger partial charge is 0.301 e. The van der Waals surface area contributed by atoms with Gasteiger partial charge in [0, 0.05) is 16.3 Å². The number of hydrogen-bond donors (Lipinski definition) is 1. The topological polar surface area (TPSA) is 102 Å². The maximum Gasteiger partial charge on any atom is 0.301 e. The van der Waals surface area contributed by atoms with Crippen molar-refractivity contribution >= 4 is 57.3 Å². The minimum atomic E-state index is -0.940. The number of rotatable bonds is 11. The van der Waals surface area contributed by atoms with Gasteiger partial charge in [-0.15, -0.1) is 10.2 Å². The maximum atomic E-state index is 13.6. The van der Waals surface area contributed by atoms with Gasteiger partial charge < -0.3 is 14.6 Å². The first kappa shape index (κ1) is 32.3. The lowest BCUT2D eigenvalue weighted by molar-refractivity contribution is -0.132. The Labute approximate surface area is 285 Å². The van der Waals surface area contributed by atoms with E-state index >= 15 is 0 Å². The van der Waals surface area contributed by atoms with Crippen molar-refractivity contribution in [2.45, 2.75) is 36.6 Å². The molecule has 0 spiro atoms. The Morgan fingerprint density at radius 2 is 1.62 bits per heavy atom. The molecule has 0 radical (unpaired) electrons. The molecule has 8 nitrogen and oxygen atoms in total. The second-order valence-electron chi connectivity index (χ2n) is 10.7. The molecule has 0 aliphatic carbocycles. The molecule has 238 valence electrons. The number of aliphatic hydroxyl groups excluding tert-OH is 1. The molecule has 0 bridgehead atoms. The highest BCUT2D eigenvalue weighted by molar-refractivity contribution is 8.00. The van der Waals surface area contributed by atoms with E-state index < -0.39 is 17.7 Å². The summed E-state index contributed by atoms with van der Waals surface area (Å²) < 4.78 is 12.2. The average Bonchev–Trinajstić information content (AvgIpc) is 3.65. The number of aromatic nitrogens is 2. The number of hydrogen-bond acceptors (Lipinski definition) is 9. The predicted molar refractivity (Wildman–Crippen MR) is 185 cm³/mol. The van der Waals surface area contributed by atoms with Crippen LogP contribution in [0.1, 0.15) is 40.8 Å². The van der Waals surface area contributed by atoms with Crippen LogP contribution in [0.2, 0.25) is 5.02 Å². The zero-order chi connectivity index (χ0) is 32.9. The second-order valence-corrected chi connectivity index (χ2v) is 13.4. The number of ether oxygens (including phenoxy) is 2. The third kappa shape index (κ3) is 7.35. The Morgan fingerprint density at radius 3 is 2.32 bits per heavy atom. The molecule has 0 saturated carbocycles. The van der Waals surface area contributed by atoms with Crippen molar-refractivity contribution in [3.05, 3.63) is 135 Å². The number of aliphatic hydroxyl groups is 1. The highest BCUT2D eigenvalue weighted by Crippen LogP contribution is 2.44. The second kappa shape index (κ2) is 14.4. The number of ketones is 1. The van der Waals surface area contributed by atoms with E-state index in [0.29, 0.717) is 51.0 Å². The molecule has 6 rings (SSSR count). The maximum absolute atomic E-state index is 13.6. The summed E-state index contributed by atoms with van der Waals surface area (Å²) in [5.74, 6) is -0.0368. The molecule has 5 aromatic rings. The SMILES string of the molecule is CCOc1ccc(C2/C(=C(\O)c3ccc(OCc4cccc(C)c4)cc3)C(=O)C(=O)N2c2nnc(SCc3ccc(Cl)cc3)s2)cc1. The fourth-order valence-corrected chi connectivity index (χ4v) is 7.12. The highest BCUT2D eigenvalue weighted by atomic mass is 35.5. The number of benzene rings is 4. The van der Waals surface area contributed by atoms with Gasteiger partial charge in [0.25, 0.3) is 5.78 Å². The molecule has 1 aliphatic rings. The molecule has 1 amide bonds. The fraction of sp³-hybridized carbons (Fsp3) is 0.167. The third-order valence-electron chi connectivity index (χ3n) is 7.44. The molecule has 47 heavy (non-hydrogen) atoms. The van der Waals surface area contributed by atoms with Crippen molar-refractivity contribution in [1.29, 1.82) is 0 Å². The summed E-state index contributed by atoms with van der Waals surface area (Å²) in [7, 11) is 0. The van der Waals surface area contributed by atoms with Crippen LogP contribution in [0.5, 0.6) is 11.5 Å². The molecule has 1 unspecified atom stereocenters. The number of Topliss-reactive ketones (excluding diaryl/α,β-unsaturated/α-hetero) is 1. The van der Waals surface area contributed by atoms with Crippen LogP contribution in [-0.2, 0) is 21.9 Å². The Balaban J connectivity index is 1.30. The van der Waals surface area contributed by atoms with E-state index in [4.69, 9.17) is 21.1 Å². The molecular weight excluding hydrogens is 654 g/mol. The van der Waals surface area contributed by atoms with Crippen LogP contribution in [0, 0.1) is 6.92 Å². The average molecular weight is 684 g/mol. The number of amides is 1. The lowest BCUT2D eigenvalue weighted by Gasteiger charge is -2.22. The molecule has 1 saturated heterocycles. The summed E-state index contributed by atoms with van der Waals surface area (Å²) in [5, 5.41) is 21.1. The van der Waals surface area contributed by atoms with E-state index in [2.05, 4.69) is 16.3 Å². The summed E-state index contributed by atoms with van der Waals surface area (Å²) in [5.41, 5.74) is 4.17. The number of anilines is 1. The van der Waals surface area contributed by atoms with Gasteiger partial charge in [0.2, 0.25) is 5.13 Å². The zero-order valence-electron chi connectivity index (χ0n) is 25.6. The molecule has 1 fully saturated rings. The van der Waals surface area contributed by atoms with Gasteiger partial charge in [0.15, 0.2) is 4.34 Å². The van der Waals surface area contributed by atoms with E-state index in [1.54, 1.807) is 48.5 Å². The molecule has 1 aliphatic heterocycles. The molecule has 1 atom stereocenters. The summed E-state index contributed by atoms with van der Waals surface area (Å²) >= 11 is 8.68. The van der Waals surface area contributed by atoms with Gasteiger partial charge in [-0.2, -0.15) is 0 Å². The van der Waals surface area contributed by atoms with Gasteiger partial charge in [-0.3, -0.25) is 14.5 Å². The van der Waals surface area contributed by atoms with E-state index in [-0.39, 0.29) is 16.5 Å². The van der Waals surface area contributed by atoms with Crippen LogP contribution in [0.15, 0.2) is 107 Å². The van der Waals surface area contributed by atoms with Crippen molar-refractivity contribution < 1.29 is 24.2 Å². The van der Waals surface area contributed by atoms with Crippen LogP contribution in [0.4, 0.5) is 5.13 Å². The Morgan fingerprint density at radius 1 is 0.915 bits per heavy atom. The number of halogens is 1. The Bertz CT molecular complexity index is 1930. The Kier molecular flexibility index (Phi) is 9.91. The quantitative estimate of drug-likeness (QED) is 0.0487. The van der Waals surface area contributed by atoms with Gasteiger partial charge in [0.1, 0.15) is 23.9 Å². The van der Waals surface area contributed by atoms with Crippen molar-refractivity contribution in [3.63, 3.8) is 0 Å². The first-order valence-electron chi connectivity index (χ1n) is 14.8. The van der Waals surface area contributed by atoms with Crippen molar-refractivity contribution in [2.75, 3.05) is 11.5 Å². The van der Waals surface area contributed by atoms with E-state index in [0.717, 1.165) is 16.7 Å². The van der Waals surface area contributed by atoms with Gasteiger partial charge in [0.05, 0.1) is 18.2 Å². The lowest BCUT2D eigenvalue weighted by atomic mass is 9.95. The van der Waals surface area contributed by atoms with Gasteiger partial charge >= 0.3 is 5.91 Å². The molecular formula is C36H30ClN3O5S2. The number of thioether (sulfide) groups is 1. The van der Waals surface area contributed by atoms with Crippen LogP contribution >= 0.6 is 34.7 Å². The third-order valence-corrected chi connectivity index (χ3v) is 9.82. The summed E-state index contributed by atoms with van der Waals surface area (Å²) in [6, 6.07) is 28.5. The first-order valence-corrected chi connectivity index (χ1v) is 17.0. The van der Waals surface area contributed by atoms with E-state index in [1.165, 1.54) is 28.0 Å². The van der Waals surface area contributed by atoms with E-state index in [9.17, 15) is 14.7 Å². The first-order chi connectivity index (χ1) is 22.8. The fourth-order valence-electron chi connectivity index (χ4n) is 5.18. The minimum Gasteiger partial charge on any atom is -0.507 e. The van der Waals surface area contributed by atoms with Gasteiger partial charge in [-0.25, -0.2) is 0 Å². The van der Waals surface area contributed by atoms with Crippen molar-refractivity contribution in [3.8, 4) is 11.5 Å². The van der Waals surface area contributed by atoms with Crippen LogP contribution in [-0.4, -0.2) is 33.6 Å². The van der Waals surface area contributed by atoms with Crippen molar-refractivity contribution in [2.24, 2.45) is 0 Å². The molecule has 2 heterocycles. The normalized spacial score (nSPS) is 15.6. The molecule has 11 heteroatoms. The monoisotopic (exact) mass is 683 g/mol. The standard InChI is InChI=1S/C36H30ClN3O5S2/c1-3-44-28-15-9-25(10-16-28)31-30(32(41)26-11-17-29(18-12-26)45-20-24-6-4-5-22(2)19-24)33(42)34(43)40(31)35-38-39-36(47-35)46-21-23-7-13-27(37)14-8-23/h4-19,31,41H,3,20-21H2,1-2H3/b32-30+. The molecule has 1 aromatic heterocycles. The summed E-state index contributed by atoms with van der Waals surface area (Å²) in [6.07, 6.45) is 0. The predicted octanol–water partition coefficient (Wildman–Crippen LogP) is 8.40. The zero-order valence-corrected chi connectivity index (χ0v) is 27.9. The number of carbonyl (C=O) groups is 2. The highest BCUT2D eigenvalue weighted by Gasteiger charge is 2.48. The summed E-state index contributed by atoms with van der Waals surface area (Å²) in [4.78, 5) is 28.6. The lowest BCUT2D eigenvalue weighted by Crippen LogP contribution is -2.29. The van der Waals surface area contributed by atoms with Gasteiger partial charge in [-0.1, -0.05) is 88.8 Å². The van der Waals surface area contributed by atoms with Crippen LogP contribution in [0.3, 0.4) is 0 Å². The number of nitrogens with zero attached hydrogens (tertiary/aromatic N) is 3.